The summed E-state index contributed by atoms with van der Waals surface area (Å²) in [6.45, 7) is 2.52. The van der Waals surface area contributed by atoms with Gasteiger partial charge in [0.15, 0.2) is 5.60 Å². The van der Waals surface area contributed by atoms with Crippen LogP contribution in [0, 0.1) is 0 Å². The van der Waals surface area contributed by atoms with Gasteiger partial charge in [0.25, 0.3) is 5.91 Å². The Bertz CT molecular complexity index is 527. The summed E-state index contributed by atoms with van der Waals surface area (Å²) in [4.78, 5) is 33.8. The summed E-state index contributed by atoms with van der Waals surface area (Å²) in [5, 5.41) is 11.3. The van der Waals surface area contributed by atoms with Gasteiger partial charge < -0.3 is 15.2 Å². The van der Waals surface area contributed by atoms with E-state index >= 15 is 0 Å². The van der Waals surface area contributed by atoms with E-state index in [2.05, 4.69) is 5.32 Å². The lowest BCUT2D eigenvalue weighted by Gasteiger charge is -2.22. The van der Waals surface area contributed by atoms with E-state index in [1.807, 2.05) is 0 Å². The van der Waals surface area contributed by atoms with E-state index in [9.17, 15) is 14.4 Å². The first-order valence-corrected chi connectivity index (χ1v) is 6.24. The lowest BCUT2D eigenvalue weighted by atomic mass is 10.1. The van der Waals surface area contributed by atoms with Crippen LogP contribution in [0.15, 0.2) is 30.3 Å². The number of carboxylic acids is 1. The first-order chi connectivity index (χ1) is 9.72. The zero-order chi connectivity index (χ0) is 16.0. The average molecular weight is 293 g/mol. The number of alkyl carbamates (subject to hydrolysis) is 1. The number of nitrogens with one attached hydrogen (secondary N) is 2. The van der Waals surface area contributed by atoms with Gasteiger partial charge >= 0.3 is 12.1 Å². The fourth-order valence-electron chi connectivity index (χ4n) is 1.50. The second-order valence-corrected chi connectivity index (χ2v) is 4.95. The van der Waals surface area contributed by atoms with Gasteiger partial charge in [-0.05, 0) is 19.4 Å². The molecule has 21 heavy (non-hydrogen) atoms. The molecule has 7 heteroatoms. The Balaban J connectivity index is 2.69. The smallest absolute Gasteiger partial charge is 0.408 e. The molecule has 0 saturated carbocycles. The van der Waals surface area contributed by atoms with Gasteiger partial charge in [-0.2, -0.15) is 0 Å². The van der Waals surface area contributed by atoms with Crippen molar-refractivity contribution in [1.29, 1.82) is 0 Å². The number of amides is 2. The molecule has 0 aliphatic heterocycles. The van der Waals surface area contributed by atoms with Gasteiger partial charge in [-0.15, -0.1) is 0 Å². The van der Waals surface area contributed by atoms with Crippen LogP contribution in [-0.2, 0) is 20.7 Å². The van der Waals surface area contributed by atoms with E-state index < -0.39 is 29.6 Å². The molecule has 7 nitrogen and oxygen atoms in total. The highest BCUT2D eigenvalue weighted by molar-refractivity contribution is 5.86. The van der Waals surface area contributed by atoms with E-state index in [-0.39, 0.29) is 6.42 Å². The van der Waals surface area contributed by atoms with Gasteiger partial charge in [-0.1, -0.05) is 30.3 Å². The van der Waals surface area contributed by atoms with Crippen LogP contribution in [0.1, 0.15) is 19.4 Å². The molecule has 2 amide bonds. The standard InChI is InChI=1S/C14H17N2O5/c1-14(2,12(15)19)21-13(20)16-10(11(17)18)8-9-6-4-3-5-7-9/h3-7,10,15H,8H2,1-2H3,(H,16,20)(H,17,18)/t10-/m1/s1. The van der Waals surface area contributed by atoms with Gasteiger partial charge in [0, 0.05) is 6.42 Å². The molecule has 1 rings (SSSR count). The molecule has 1 radical (unpaired) electrons. The molecule has 0 heterocycles. The Kier molecular flexibility index (Phi) is 5.29. The highest BCUT2D eigenvalue weighted by atomic mass is 16.6. The molecular formula is C14H17N2O5. The lowest BCUT2D eigenvalue weighted by Crippen LogP contribution is -2.47. The lowest BCUT2D eigenvalue weighted by molar-refractivity contribution is -0.139. The SMILES string of the molecule is CC(C)(OC(=O)N[C@H](Cc1ccccc1)C(=O)O)C([NH])=O. The van der Waals surface area contributed by atoms with Crippen LogP contribution in [0.2, 0.25) is 0 Å². The maximum Gasteiger partial charge on any atom is 0.408 e. The normalized spacial score (nSPS) is 12.3. The maximum absolute atomic E-state index is 11.6. The van der Waals surface area contributed by atoms with Crippen molar-refractivity contribution in [2.45, 2.75) is 31.9 Å². The Hall–Kier alpha value is -2.57. The van der Waals surface area contributed by atoms with Crippen LogP contribution in [0.3, 0.4) is 0 Å². The van der Waals surface area contributed by atoms with Crippen LogP contribution in [0.5, 0.6) is 0 Å². The summed E-state index contributed by atoms with van der Waals surface area (Å²) in [5.41, 5.74) is 6.07. The van der Waals surface area contributed by atoms with Gasteiger partial charge in [0.2, 0.25) is 0 Å². The van der Waals surface area contributed by atoms with Crippen molar-refractivity contribution in [1.82, 2.24) is 11.1 Å². The number of ether oxygens (including phenoxy) is 1. The zero-order valence-electron chi connectivity index (χ0n) is 11.8. The van der Waals surface area contributed by atoms with Gasteiger partial charge in [0.05, 0.1) is 0 Å². The molecule has 0 fully saturated rings. The number of benzene rings is 1. The quantitative estimate of drug-likeness (QED) is 0.811. The van der Waals surface area contributed by atoms with E-state index in [4.69, 9.17) is 15.6 Å². The summed E-state index contributed by atoms with van der Waals surface area (Å²) in [6.07, 6.45) is -0.968. The summed E-state index contributed by atoms with van der Waals surface area (Å²) in [7, 11) is 0. The predicted octanol–water partition coefficient (Wildman–Crippen LogP) is 0.997. The molecule has 0 saturated heterocycles. The Morgan fingerprint density at radius 2 is 1.86 bits per heavy atom. The maximum atomic E-state index is 11.6. The molecule has 3 N–H and O–H groups in total. The third-order valence-electron chi connectivity index (χ3n) is 2.77. The first kappa shape index (κ1) is 16.5. The van der Waals surface area contributed by atoms with Gasteiger partial charge in [-0.25, -0.2) is 9.59 Å². The molecule has 0 aliphatic carbocycles. The van der Waals surface area contributed by atoms with Gasteiger partial charge in [-0.3, -0.25) is 10.5 Å². The molecule has 0 bridgehead atoms. The van der Waals surface area contributed by atoms with Gasteiger partial charge in [0.1, 0.15) is 6.04 Å². The molecule has 1 aromatic carbocycles. The summed E-state index contributed by atoms with van der Waals surface area (Å²) < 4.78 is 4.77. The molecule has 1 atom stereocenters. The third-order valence-corrected chi connectivity index (χ3v) is 2.77. The van der Waals surface area contributed by atoms with Crippen molar-refractivity contribution < 1.29 is 24.2 Å². The predicted molar refractivity (Wildman–Crippen MR) is 73.4 cm³/mol. The Morgan fingerprint density at radius 1 is 1.29 bits per heavy atom. The highest BCUT2D eigenvalue weighted by Crippen LogP contribution is 2.10. The molecule has 0 spiro atoms. The van der Waals surface area contributed by atoms with Crippen LogP contribution < -0.4 is 11.1 Å². The van der Waals surface area contributed by atoms with E-state index in [1.165, 1.54) is 13.8 Å². The number of hydrogen-bond acceptors (Lipinski definition) is 4. The number of carbonyl (C=O) groups excluding carboxylic acids is 2. The number of aliphatic carboxylic acids is 1. The number of carbonyl (C=O) groups is 3. The molecule has 0 unspecified atom stereocenters. The highest BCUT2D eigenvalue weighted by Gasteiger charge is 2.32. The van der Waals surface area contributed by atoms with Crippen molar-refractivity contribution in [3.05, 3.63) is 35.9 Å². The van der Waals surface area contributed by atoms with Crippen molar-refractivity contribution in [3.8, 4) is 0 Å². The fourth-order valence-corrected chi connectivity index (χ4v) is 1.50. The van der Waals surface area contributed by atoms with Crippen molar-refractivity contribution in [2.24, 2.45) is 0 Å². The van der Waals surface area contributed by atoms with Crippen LogP contribution in [0.4, 0.5) is 4.79 Å². The molecule has 0 aliphatic rings. The third kappa shape index (κ3) is 5.13. The van der Waals surface area contributed by atoms with Crippen molar-refractivity contribution >= 4 is 18.0 Å². The Labute approximate surface area is 122 Å². The Morgan fingerprint density at radius 3 is 2.33 bits per heavy atom. The van der Waals surface area contributed by atoms with E-state index in [1.54, 1.807) is 30.3 Å². The fraction of sp³-hybridized carbons (Fsp3) is 0.357. The van der Waals surface area contributed by atoms with Crippen LogP contribution in [-0.4, -0.2) is 34.7 Å². The van der Waals surface area contributed by atoms with E-state index in [0.717, 1.165) is 5.56 Å². The molecule has 1 aromatic rings. The largest absolute Gasteiger partial charge is 0.480 e. The number of rotatable bonds is 6. The second kappa shape index (κ2) is 6.74. The van der Waals surface area contributed by atoms with Crippen molar-refractivity contribution in [2.75, 3.05) is 0 Å². The number of carboxylic acid groups (broad SMARTS) is 1. The second-order valence-electron chi connectivity index (χ2n) is 4.95. The first-order valence-electron chi connectivity index (χ1n) is 6.24. The summed E-state index contributed by atoms with van der Waals surface area (Å²) in [5.74, 6) is -2.29. The van der Waals surface area contributed by atoms with E-state index in [0.29, 0.717) is 0 Å². The summed E-state index contributed by atoms with van der Waals surface area (Å²) >= 11 is 0. The number of hydrogen-bond donors (Lipinski definition) is 2. The van der Waals surface area contributed by atoms with Crippen LogP contribution in [0.25, 0.3) is 0 Å². The molecule has 0 aromatic heterocycles. The van der Waals surface area contributed by atoms with Crippen molar-refractivity contribution in [3.63, 3.8) is 0 Å². The minimum absolute atomic E-state index is 0.0839. The minimum Gasteiger partial charge on any atom is -0.480 e. The average Bonchev–Trinajstić information content (AvgIpc) is 2.38. The topological polar surface area (TPSA) is 116 Å². The summed E-state index contributed by atoms with van der Waals surface area (Å²) in [6, 6.07) is 7.60. The molecule has 113 valence electrons. The van der Waals surface area contributed by atoms with Crippen LogP contribution >= 0.6 is 0 Å². The minimum atomic E-state index is -1.63. The monoisotopic (exact) mass is 293 g/mol. The zero-order valence-corrected chi connectivity index (χ0v) is 11.8. The molecular weight excluding hydrogens is 276 g/mol.